The van der Waals surface area contributed by atoms with Crippen LogP contribution in [-0.2, 0) is 0 Å². The topological polar surface area (TPSA) is 35.8 Å². The molecule has 0 aliphatic rings. The van der Waals surface area contributed by atoms with E-state index in [0.29, 0.717) is 6.54 Å². The molecule has 1 aromatic rings. The van der Waals surface area contributed by atoms with Gasteiger partial charge in [-0.25, -0.2) is 8.78 Å². The molecule has 0 fully saturated rings. The molecular formula is C10H10F2N2S. The van der Waals surface area contributed by atoms with Crippen molar-refractivity contribution in [3.63, 3.8) is 0 Å². The van der Waals surface area contributed by atoms with Gasteiger partial charge in [0.05, 0.1) is 11.6 Å². The Hall–Kier alpha value is -1.28. The third-order valence-corrected chi connectivity index (χ3v) is 2.39. The molecule has 0 saturated carbocycles. The molecule has 2 nitrogen and oxygen atoms in total. The first kappa shape index (κ1) is 11.8. The predicted molar refractivity (Wildman–Crippen MR) is 57.9 cm³/mol. The molecule has 1 N–H and O–H groups in total. The van der Waals surface area contributed by atoms with Gasteiger partial charge in [-0.3, -0.25) is 0 Å². The van der Waals surface area contributed by atoms with E-state index in [1.165, 1.54) is 0 Å². The van der Waals surface area contributed by atoms with Crippen LogP contribution >= 0.6 is 11.8 Å². The number of nitriles is 1. The predicted octanol–water partition coefficient (Wildman–Crippen LogP) is 2.61. The van der Waals surface area contributed by atoms with Gasteiger partial charge in [-0.15, -0.1) is 0 Å². The minimum absolute atomic E-state index is 0.0135. The van der Waals surface area contributed by atoms with E-state index in [9.17, 15) is 8.78 Å². The molecule has 0 aromatic heterocycles. The molecule has 0 aliphatic carbocycles. The largest absolute Gasteiger partial charge is 0.379 e. The molecule has 15 heavy (non-hydrogen) atoms. The van der Waals surface area contributed by atoms with Crippen LogP contribution in [0.15, 0.2) is 12.1 Å². The van der Waals surface area contributed by atoms with Gasteiger partial charge in [0.1, 0.15) is 5.69 Å². The van der Waals surface area contributed by atoms with E-state index in [0.717, 1.165) is 17.9 Å². The fourth-order valence-corrected chi connectivity index (χ4v) is 1.39. The van der Waals surface area contributed by atoms with Gasteiger partial charge in [-0.05, 0) is 18.4 Å². The summed E-state index contributed by atoms with van der Waals surface area (Å²) in [5.74, 6) is -0.695. The highest BCUT2D eigenvalue weighted by Gasteiger charge is 2.10. The van der Waals surface area contributed by atoms with Crippen molar-refractivity contribution in [3.8, 4) is 6.07 Å². The monoisotopic (exact) mass is 228 g/mol. The number of hydrogen-bond acceptors (Lipinski definition) is 3. The lowest BCUT2D eigenvalue weighted by Crippen LogP contribution is -2.07. The zero-order valence-electron chi connectivity index (χ0n) is 8.18. The van der Waals surface area contributed by atoms with Gasteiger partial charge >= 0.3 is 0 Å². The van der Waals surface area contributed by atoms with Crippen LogP contribution in [-0.4, -0.2) is 18.6 Å². The minimum atomic E-state index is -0.729. The van der Waals surface area contributed by atoms with Crippen molar-refractivity contribution in [2.75, 3.05) is 23.9 Å². The molecule has 0 bridgehead atoms. The molecule has 1 rings (SSSR count). The summed E-state index contributed by atoms with van der Waals surface area (Å²) in [7, 11) is 0. The Bertz CT molecular complexity index is 364. The van der Waals surface area contributed by atoms with E-state index in [1.54, 1.807) is 17.8 Å². The van der Waals surface area contributed by atoms with E-state index in [-0.39, 0.29) is 11.3 Å². The summed E-state index contributed by atoms with van der Waals surface area (Å²) in [6.07, 6.45) is 1.91. The van der Waals surface area contributed by atoms with Gasteiger partial charge in [-0.2, -0.15) is 17.0 Å². The highest BCUT2D eigenvalue weighted by Crippen LogP contribution is 2.20. The Morgan fingerprint density at radius 1 is 1.40 bits per heavy atom. The van der Waals surface area contributed by atoms with Gasteiger partial charge in [-0.1, -0.05) is 0 Å². The molecule has 0 unspecified atom stereocenters. The van der Waals surface area contributed by atoms with E-state index in [4.69, 9.17) is 5.26 Å². The number of hydrogen-bond donors (Lipinski definition) is 1. The smallest absolute Gasteiger partial charge is 0.150 e. The third kappa shape index (κ3) is 3.10. The van der Waals surface area contributed by atoms with Crippen LogP contribution in [0.4, 0.5) is 14.5 Å². The number of nitrogens with one attached hydrogen (secondary N) is 1. The Morgan fingerprint density at radius 3 is 2.47 bits per heavy atom. The standard InChI is InChI=1S/C10H10F2N2S/c1-15-3-2-14-10-8(11)4-7(6-13)5-9(10)12/h4-5,14H,2-3H2,1H3. The molecule has 0 radical (unpaired) electrons. The second-order valence-electron chi connectivity index (χ2n) is 2.85. The lowest BCUT2D eigenvalue weighted by atomic mass is 10.2. The molecule has 0 spiro atoms. The lowest BCUT2D eigenvalue weighted by Gasteiger charge is -2.07. The summed E-state index contributed by atoms with van der Waals surface area (Å²) in [4.78, 5) is 0. The van der Waals surface area contributed by atoms with Gasteiger partial charge in [0, 0.05) is 12.3 Å². The van der Waals surface area contributed by atoms with Gasteiger partial charge in [0.15, 0.2) is 11.6 Å². The van der Waals surface area contributed by atoms with Crippen LogP contribution in [0.1, 0.15) is 5.56 Å². The fraction of sp³-hybridized carbons (Fsp3) is 0.300. The summed E-state index contributed by atoms with van der Waals surface area (Å²) in [5, 5.41) is 11.1. The summed E-state index contributed by atoms with van der Waals surface area (Å²) in [6, 6.07) is 3.73. The maximum Gasteiger partial charge on any atom is 0.150 e. The number of halogens is 2. The van der Waals surface area contributed by atoms with Crippen LogP contribution in [0, 0.1) is 23.0 Å². The van der Waals surface area contributed by atoms with Crippen LogP contribution in [0.3, 0.4) is 0 Å². The first-order valence-electron chi connectivity index (χ1n) is 4.31. The zero-order chi connectivity index (χ0) is 11.3. The van der Waals surface area contributed by atoms with E-state index < -0.39 is 11.6 Å². The molecule has 0 saturated heterocycles. The first-order chi connectivity index (χ1) is 7.19. The van der Waals surface area contributed by atoms with Crippen LogP contribution < -0.4 is 5.32 Å². The van der Waals surface area contributed by atoms with Crippen molar-refractivity contribution in [1.82, 2.24) is 0 Å². The molecule has 1 aromatic carbocycles. The van der Waals surface area contributed by atoms with Crippen LogP contribution in [0.25, 0.3) is 0 Å². The highest BCUT2D eigenvalue weighted by molar-refractivity contribution is 7.98. The Kier molecular flexibility index (Phi) is 4.37. The van der Waals surface area contributed by atoms with Crippen molar-refractivity contribution >= 4 is 17.4 Å². The molecule has 0 aliphatic heterocycles. The normalized spacial score (nSPS) is 9.73. The summed E-state index contributed by atoms with van der Waals surface area (Å²) < 4.78 is 26.5. The van der Waals surface area contributed by atoms with Crippen molar-refractivity contribution in [2.24, 2.45) is 0 Å². The molecule has 80 valence electrons. The number of nitrogens with zero attached hydrogens (tertiary/aromatic N) is 1. The molecule has 5 heteroatoms. The lowest BCUT2D eigenvalue weighted by molar-refractivity contribution is 0.588. The number of rotatable bonds is 4. The maximum absolute atomic E-state index is 13.3. The van der Waals surface area contributed by atoms with E-state index >= 15 is 0 Å². The van der Waals surface area contributed by atoms with Crippen LogP contribution in [0.2, 0.25) is 0 Å². The average Bonchev–Trinajstić information content (AvgIpc) is 2.22. The second kappa shape index (κ2) is 5.56. The fourth-order valence-electron chi connectivity index (χ4n) is 1.08. The summed E-state index contributed by atoms with van der Waals surface area (Å²) in [6.45, 7) is 0.487. The average molecular weight is 228 g/mol. The summed E-state index contributed by atoms with van der Waals surface area (Å²) >= 11 is 1.58. The number of thioether (sulfide) groups is 1. The van der Waals surface area contributed by atoms with Gasteiger partial charge < -0.3 is 5.32 Å². The van der Waals surface area contributed by atoms with Crippen molar-refractivity contribution < 1.29 is 8.78 Å². The Morgan fingerprint density at radius 2 is 2.00 bits per heavy atom. The Labute approximate surface area is 91.3 Å². The van der Waals surface area contributed by atoms with Crippen molar-refractivity contribution in [3.05, 3.63) is 29.3 Å². The number of benzene rings is 1. The minimum Gasteiger partial charge on any atom is -0.379 e. The number of anilines is 1. The second-order valence-corrected chi connectivity index (χ2v) is 3.83. The van der Waals surface area contributed by atoms with E-state index in [2.05, 4.69) is 5.32 Å². The molecule has 0 atom stereocenters. The molecule has 0 amide bonds. The Balaban J connectivity index is 2.85. The summed E-state index contributed by atoms with van der Waals surface area (Å²) in [5.41, 5.74) is -0.177. The SMILES string of the molecule is CSCCNc1c(F)cc(C#N)cc1F. The quantitative estimate of drug-likeness (QED) is 0.805. The highest BCUT2D eigenvalue weighted by atomic mass is 32.2. The van der Waals surface area contributed by atoms with E-state index in [1.807, 2.05) is 6.26 Å². The zero-order valence-corrected chi connectivity index (χ0v) is 9.00. The van der Waals surface area contributed by atoms with Crippen molar-refractivity contribution in [2.45, 2.75) is 0 Å². The molecule has 0 heterocycles. The first-order valence-corrected chi connectivity index (χ1v) is 5.70. The van der Waals surface area contributed by atoms with Crippen LogP contribution in [0.5, 0.6) is 0 Å². The molecular weight excluding hydrogens is 218 g/mol. The van der Waals surface area contributed by atoms with Crippen molar-refractivity contribution in [1.29, 1.82) is 5.26 Å². The van der Waals surface area contributed by atoms with Gasteiger partial charge in [0.25, 0.3) is 0 Å². The third-order valence-electron chi connectivity index (χ3n) is 1.78. The maximum atomic E-state index is 13.3. The van der Waals surface area contributed by atoms with Gasteiger partial charge in [0.2, 0.25) is 0 Å².